The Morgan fingerprint density at radius 2 is 2.27 bits per heavy atom. The fourth-order valence-corrected chi connectivity index (χ4v) is 4.45. The third-order valence-electron chi connectivity index (χ3n) is 4.53. The lowest BCUT2D eigenvalue weighted by molar-refractivity contribution is 0.0208. The summed E-state index contributed by atoms with van der Waals surface area (Å²) in [4.78, 5) is 4.54. The van der Waals surface area contributed by atoms with E-state index in [0.717, 1.165) is 47.4 Å². The van der Waals surface area contributed by atoms with Gasteiger partial charge in [-0.25, -0.2) is 10.1 Å². The highest BCUT2D eigenvalue weighted by Crippen LogP contribution is 2.34. The minimum atomic E-state index is 0.166. The lowest BCUT2D eigenvalue weighted by Gasteiger charge is -2.15. The Labute approximate surface area is 131 Å². The van der Waals surface area contributed by atoms with Gasteiger partial charge in [0.15, 0.2) is 5.16 Å². The average molecular weight is 316 g/mol. The highest BCUT2D eigenvalue weighted by Gasteiger charge is 2.41. The lowest BCUT2D eigenvalue weighted by Crippen LogP contribution is -2.26. The molecule has 1 aromatic carbocycles. The smallest absolute Gasteiger partial charge is 0.231 e. The molecule has 2 fully saturated rings. The second-order valence-electron chi connectivity index (χ2n) is 5.83. The number of nitrogens with one attached hydrogen (secondary N) is 1. The van der Waals surface area contributed by atoms with Crippen molar-refractivity contribution in [3.05, 3.63) is 24.3 Å². The van der Waals surface area contributed by atoms with Crippen molar-refractivity contribution in [2.75, 3.05) is 19.0 Å². The van der Waals surface area contributed by atoms with E-state index in [-0.39, 0.29) is 12.2 Å². The molecule has 2 saturated heterocycles. The zero-order valence-corrected chi connectivity index (χ0v) is 12.8. The van der Waals surface area contributed by atoms with E-state index in [1.54, 1.807) is 11.8 Å². The number of nitrogens with zero attached hydrogens (tertiary/aromatic N) is 3. The van der Waals surface area contributed by atoms with Gasteiger partial charge < -0.3 is 9.47 Å². The number of ether oxygens (including phenoxy) is 2. The van der Waals surface area contributed by atoms with Crippen LogP contribution in [0.3, 0.4) is 0 Å². The van der Waals surface area contributed by atoms with Gasteiger partial charge in [-0.3, -0.25) is 4.40 Å². The van der Waals surface area contributed by atoms with Gasteiger partial charge in [0.1, 0.15) is 0 Å². The van der Waals surface area contributed by atoms with Crippen LogP contribution in [0.1, 0.15) is 6.42 Å². The van der Waals surface area contributed by atoms with E-state index < -0.39 is 0 Å². The monoisotopic (exact) mass is 316 g/mol. The number of hydrogen-bond donors (Lipinski definition) is 1. The van der Waals surface area contributed by atoms with Crippen molar-refractivity contribution in [2.24, 2.45) is 5.92 Å². The summed E-state index contributed by atoms with van der Waals surface area (Å²) in [6, 6.07) is 8.10. The van der Waals surface area contributed by atoms with Crippen molar-refractivity contribution in [3.63, 3.8) is 0 Å². The normalized spacial score (nSPS) is 27.9. The maximum Gasteiger partial charge on any atom is 0.231 e. The SMILES string of the molecule is c1ccc2c(c1)nc1[nH]nc(SCC3OCC4CCOC43)n12. The number of fused-ring (bicyclic) bond motifs is 4. The van der Waals surface area contributed by atoms with Crippen molar-refractivity contribution >= 4 is 28.6 Å². The third kappa shape index (κ3) is 1.89. The Morgan fingerprint density at radius 1 is 1.32 bits per heavy atom. The number of benzene rings is 1. The van der Waals surface area contributed by atoms with E-state index in [1.165, 1.54) is 0 Å². The van der Waals surface area contributed by atoms with E-state index in [9.17, 15) is 0 Å². The van der Waals surface area contributed by atoms with E-state index in [0.29, 0.717) is 5.92 Å². The predicted octanol–water partition coefficient (Wildman–Crippen LogP) is 2.11. The molecule has 22 heavy (non-hydrogen) atoms. The lowest BCUT2D eigenvalue weighted by atomic mass is 10.0. The van der Waals surface area contributed by atoms with Gasteiger partial charge in [-0.05, 0) is 18.6 Å². The minimum absolute atomic E-state index is 0.166. The molecule has 3 unspecified atom stereocenters. The third-order valence-corrected chi connectivity index (χ3v) is 5.56. The Bertz CT molecular complexity index is 829. The van der Waals surface area contributed by atoms with Gasteiger partial charge in [-0.15, -0.1) is 5.10 Å². The van der Waals surface area contributed by atoms with Crippen LogP contribution in [0.2, 0.25) is 0 Å². The first-order chi connectivity index (χ1) is 10.9. The molecule has 0 radical (unpaired) electrons. The highest BCUT2D eigenvalue weighted by molar-refractivity contribution is 7.99. The highest BCUT2D eigenvalue weighted by atomic mass is 32.2. The number of rotatable bonds is 3. The summed E-state index contributed by atoms with van der Waals surface area (Å²) in [5, 5.41) is 8.33. The zero-order chi connectivity index (χ0) is 14.5. The van der Waals surface area contributed by atoms with Crippen molar-refractivity contribution in [1.29, 1.82) is 0 Å². The van der Waals surface area contributed by atoms with Gasteiger partial charge in [0.2, 0.25) is 5.78 Å². The Hall–Kier alpha value is -1.57. The van der Waals surface area contributed by atoms with Crippen LogP contribution in [0.4, 0.5) is 0 Å². The van der Waals surface area contributed by atoms with Crippen molar-refractivity contribution in [1.82, 2.24) is 19.6 Å². The summed E-state index contributed by atoms with van der Waals surface area (Å²) >= 11 is 1.70. The number of para-hydroxylation sites is 2. The first kappa shape index (κ1) is 12.9. The molecule has 6 nitrogen and oxygen atoms in total. The van der Waals surface area contributed by atoms with E-state index in [4.69, 9.17) is 9.47 Å². The molecule has 0 bridgehead atoms. The van der Waals surface area contributed by atoms with Gasteiger partial charge in [0.25, 0.3) is 0 Å². The van der Waals surface area contributed by atoms with E-state index in [2.05, 4.69) is 25.6 Å². The van der Waals surface area contributed by atoms with Gasteiger partial charge in [-0.2, -0.15) is 0 Å². The molecular formula is C15H16N4O2S. The molecule has 5 rings (SSSR count). The number of aromatic amines is 1. The number of H-pyrrole nitrogens is 1. The maximum atomic E-state index is 5.89. The Morgan fingerprint density at radius 3 is 3.27 bits per heavy atom. The number of aromatic nitrogens is 4. The quantitative estimate of drug-likeness (QED) is 0.750. The molecule has 3 aromatic rings. The van der Waals surface area contributed by atoms with Crippen LogP contribution < -0.4 is 0 Å². The summed E-state index contributed by atoms with van der Waals surface area (Å²) in [5.41, 5.74) is 2.06. The number of thioether (sulfide) groups is 1. The summed E-state index contributed by atoms with van der Waals surface area (Å²) < 4.78 is 13.8. The summed E-state index contributed by atoms with van der Waals surface area (Å²) in [5.74, 6) is 2.22. The van der Waals surface area contributed by atoms with Gasteiger partial charge >= 0.3 is 0 Å². The topological polar surface area (TPSA) is 64.4 Å². The number of hydrogen-bond acceptors (Lipinski definition) is 5. The van der Waals surface area contributed by atoms with Crippen LogP contribution in [-0.4, -0.2) is 50.8 Å². The zero-order valence-electron chi connectivity index (χ0n) is 11.9. The summed E-state index contributed by atoms with van der Waals surface area (Å²) in [6.45, 7) is 1.71. The average Bonchev–Trinajstić information content (AvgIpc) is 3.26. The molecule has 0 aliphatic carbocycles. The summed E-state index contributed by atoms with van der Waals surface area (Å²) in [6.07, 6.45) is 1.56. The van der Waals surface area contributed by atoms with Crippen LogP contribution in [0.5, 0.6) is 0 Å². The van der Waals surface area contributed by atoms with Crippen molar-refractivity contribution in [2.45, 2.75) is 23.8 Å². The van der Waals surface area contributed by atoms with Crippen LogP contribution in [-0.2, 0) is 9.47 Å². The largest absolute Gasteiger partial charge is 0.375 e. The second-order valence-corrected chi connectivity index (χ2v) is 6.82. The first-order valence-electron chi connectivity index (χ1n) is 7.58. The molecule has 2 aliphatic rings. The molecule has 3 atom stereocenters. The number of imidazole rings is 1. The Kier molecular flexibility index (Phi) is 2.92. The van der Waals surface area contributed by atoms with E-state index >= 15 is 0 Å². The Balaban J connectivity index is 1.42. The standard InChI is InChI=1S/C15H16N4O2S/c1-2-4-11-10(3-1)16-14-17-18-15(19(11)14)22-8-12-13-9(7-21-12)5-6-20-13/h1-4,9,12-13H,5-8H2,(H,16,17). The molecule has 2 aromatic heterocycles. The first-order valence-corrected chi connectivity index (χ1v) is 8.56. The molecule has 4 heterocycles. The van der Waals surface area contributed by atoms with Crippen LogP contribution in [0.15, 0.2) is 29.4 Å². The summed E-state index contributed by atoms with van der Waals surface area (Å²) in [7, 11) is 0. The fraction of sp³-hybridized carbons (Fsp3) is 0.467. The molecule has 0 saturated carbocycles. The second kappa shape index (κ2) is 4.97. The van der Waals surface area contributed by atoms with Gasteiger partial charge in [-0.1, -0.05) is 23.9 Å². The minimum Gasteiger partial charge on any atom is -0.375 e. The molecule has 7 heteroatoms. The van der Waals surface area contributed by atoms with Gasteiger partial charge in [0.05, 0.1) is 29.8 Å². The van der Waals surface area contributed by atoms with Crippen LogP contribution in [0.25, 0.3) is 16.8 Å². The molecule has 114 valence electrons. The van der Waals surface area contributed by atoms with Crippen LogP contribution in [0, 0.1) is 5.92 Å². The molecule has 2 aliphatic heterocycles. The molecular weight excluding hydrogens is 300 g/mol. The van der Waals surface area contributed by atoms with Gasteiger partial charge in [0, 0.05) is 18.3 Å². The predicted molar refractivity (Wildman–Crippen MR) is 83.2 cm³/mol. The van der Waals surface area contributed by atoms with Crippen molar-refractivity contribution in [3.8, 4) is 0 Å². The fourth-order valence-electron chi connectivity index (χ4n) is 3.43. The molecule has 0 spiro atoms. The van der Waals surface area contributed by atoms with Crippen molar-refractivity contribution < 1.29 is 9.47 Å². The molecule has 1 N–H and O–H groups in total. The van der Waals surface area contributed by atoms with Crippen LogP contribution >= 0.6 is 11.8 Å². The van der Waals surface area contributed by atoms with E-state index in [1.807, 2.05) is 18.2 Å². The molecule has 0 amide bonds. The maximum absolute atomic E-state index is 5.89.